The largest absolute Gasteiger partial charge is 0.497 e. The van der Waals surface area contributed by atoms with Gasteiger partial charge in [0.1, 0.15) is 5.75 Å². The van der Waals surface area contributed by atoms with Gasteiger partial charge >= 0.3 is 0 Å². The fraction of sp³-hybridized carbons (Fsp3) is 0.545. The zero-order chi connectivity index (χ0) is 20.8. The SMILES string of the molecule is COc1cccc(C(CNC(=O)C2CCN(Cc3csc(C)n3)CC2)N(C)C)c1. The van der Waals surface area contributed by atoms with E-state index in [4.69, 9.17) is 4.74 Å². The van der Waals surface area contributed by atoms with Gasteiger partial charge in [-0.15, -0.1) is 11.3 Å². The molecule has 3 rings (SSSR count). The summed E-state index contributed by atoms with van der Waals surface area (Å²) >= 11 is 1.70. The Morgan fingerprint density at radius 1 is 1.38 bits per heavy atom. The lowest BCUT2D eigenvalue weighted by molar-refractivity contribution is -0.126. The van der Waals surface area contributed by atoms with Crippen LogP contribution < -0.4 is 10.1 Å². The number of likely N-dealkylation sites (N-methyl/N-ethyl adjacent to an activating group) is 1. The van der Waals surface area contributed by atoms with E-state index in [1.807, 2.05) is 39.2 Å². The Labute approximate surface area is 177 Å². The number of piperidine rings is 1. The van der Waals surface area contributed by atoms with Crippen LogP contribution in [-0.2, 0) is 11.3 Å². The van der Waals surface area contributed by atoms with Crippen LogP contribution in [0, 0.1) is 12.8 Å². The maximum Gasteiger partial charge on any atom is 0.223 e. The third-order valence-corrected chi connectivity index (χ3v) is 6.40. The molecule has 1 aliphatic heterocycles. The van der Waals surface area contributed by atoms with E-state index in [1.165, 1.54) is 0 Å². The molecular formula is C22H32N4O2S. The number of ether oxygens (including phenoxy) is 1. The highest BCUT2D eigenvalue weighted by Gasteiger charge is 2.26. The molecule has 1 aromatic heterocycles. The van der Waals surface area contributed by atoms with Gasteiger partial charge in [-0.2, -0.15) is 0 Å². The minimum absolute atomic E-state index is 0.0940. The molecular weight excluding hydrogens is 384 g/mol. The van der Waals surface area contributed by atoms with Gasteiger partial charge in [-0.05, 0) is 64.6 Å². The minimum Gasteiger partial charge on any atom is -0.497 e. The van der Waals surface area contributed by atoms with Crippen LogP contribution in [0.2, 0.25) is 0 Å². The second-order valence-corrected chi connectivity index (χ2v) is 8.97. The fourth-order valence-corrected chi connectivity index (χ4v) is 4.46. The number of rotatable bonds is 8. The topological polar surface area (TPSA) is 57.7 Å². The molecule has 1 unspecified atom stereocenters. The van der Waals surface area contributed by atoms with Gasteiger partial charge < -0.3 is 15.0 Å². The Kier molecular flexibility index (Phi) is 7.64. The Bertz CT molecular complexity index is 800. The van der Waals surface area contributed by atoms with E-state index in [-0.39, 0.29) is 17.9 Å². The van der Waals surface area contributed by atoms with Gasteiger partial charge in [0, 0.05) is 24.4 Å². The Morgan fingerprint density at radius 2 is 2.14 bits per heavy atom. The normalized spacial score (nSPS) is 16.7. The highest BCUT2D eigenvalue weighted by molar-refractivity contribution is 7.09. The average Bonchev–Trinajstić information content (AvgIpc) is 3.13. The monoisotopic (exact) mass is 416 g/mol. The standard InChI is InChI=1S/C22H32N4O2S/c1-16-24-19(15-29-16)14-26-10-8-17(9-11-26)22(27)23-13-21(25(2)3)18-6-5-7-20(12-18)28-4/h5-7,12,15,17,21H,8-11,13-14H2,1-4H3,(H,23,27). The zero-order valence-electron chi connectivity index (χ0n) is 17.9. The number of amides is 1. The Balaban J connectivity index is 1.49. The summed E-state index contributed by atoms with van der Waals surface area (Å²) in [7, 11) is 5.75. The van der Waals surface area contributed by atoms with Crippen molar-refractivity contribution >= 4 is 17.2 Å². The summed E-state index contributed by atoms with van der Waals surface area (Å²) in [6.07, 6.45) is 1.81. The number of likely N-dealkylation sites (tertiary alicyclic amines) is 1. The van der Waals surface area contributed by atoms with E-state index in [2.05, 4.69) is 31.5 Å². The van der Waals surface area contributed by atoms with Gasteiger partial charge in [-0.3, -0.25) is 9.69 Å². The Hall–Kier alpha value is -1.96. The second kappa shape index (κ2) is 10.2. The summed E-state index contributed by atoms with van der Waals surface area (Å²) < 4.78 is 5.35. The molecule has 0 aliphatic carbocycles. The fourth-order valence-electron chi connectivity index (χ4n) is 3.85. The molecule has 158 valence electrons. The zero-order valence-corrected chi connectivity index (χ0v) is 18.7. The van der Waals surface area contributed by atoms with E-state index in [0.29, 0.717) is 6.54 Å². The highest BCUT2D eigenvalue weighted by atomic mass is 32.1. The predicted molar refractivity (Wildman–Crippen MR) is 117 cm³/mol. The average molecular weight is 417 g/mol. The summed E-state index contributed by atoms with van der Waals surface area (Å²) in [6.45, 7) is 5.41. The molecule has 6 nitrogen and oxygen atoms in total. The van der Waals surface area contributed by atoms with Gasteiger partial charge in [0.15, 0.2) is 0 Å². The lowest BCUT2D eigenvalue weighted by atomic mass is 9.95. The maximum absolute atomic E-state index is 12.8. The van der Waals surface area contributed by atoms with Gasteiger partial charge in [0.05, 0.1) is 23.9 Å². The van der Waals surface area contributed by atoms with Crippen molar-refractivity contribution in [3.8, 4) is 5.75 Å². The maximum atomic E-state index is 12.8. The molecule has 29 heavy (non-hydrogen) atoms. The smallest absolute Gasteiger partial charge is 0.223 e. The number of aryl methyl sites for hydroxylation is 1. The number of thiazole rings is 1. The first-order valence-corrected chi connectivity index (χ1v) is 11.1. The van der Waals surface area contributed by atoms with E-state index in [0.717, 1.165) is 54.5 Å². The lowest BCUT2D eigenvalue weighted by Gasteiger charge is -2.31. The van der Waals surface area contributed by atoms with Crippen molar-refractivity contribution in [3.63, 3.8) is 0 Å². The van der Waals surface area contributed by atoms with Crippen LogP contribution in [-0.4, -0.2) is 61.5 Å². The molecule has 1 atom stereocenters. The molecule has 1 aromatic carbocycles. The molecule has 0 bridgehead atoms. The molecule has 2 aromatic rings. The lowest BCUT2D eigenvalue weighted by Crippen LogP contribution is -2.42. The number of nitrogens with zero attached hydrogens (tertiary/aromatic N) is 3. The highest BCUT2D eigenvalue weighted by Crippen LogP contribution is 2.23. The number of hydrogen-bond donors (Lipinski definition) is 1. The first-order valence-electron chi connectivity index (χ1n) is 10.2. The van der Waals surface area contributed by atoms with Crippen molar-refractivity contribution < 1.29 is 9.53 Å². The van der Waals surface area contributed by atoms with Crippen LogP contribution in [0.5, 0.6) is 5.75 Å². The van der Waals surface area contributed by atoms with Crippen molar-refractivity contribution in [2.45, 2.75) is 32.4 Å². The van der Waals surface area contributed by atoms with E-state index >= 15 is 0 Å². The van der Waals surface area contributed by atoms with Crippen molar-refractivity contribution in [2.24, 2.45) is 5.92 Å². The summed E-state index contributed by atoms with van der Waals surface area (Å²) in [5, 5.41) is 6.43. The van der Waals surface area contributed by atoms with Gasteiger partial charge in [0.2, 0.25) is 5.91 Å². The second-order valence-electron chi connectivity index (χ2n) is 7.91. The van der Waals surface area contributed by atoms with Crippen molar-refractivity contribution in [1.29, 1.82) is 0 Å². The number of methoxy groups -OCH3 is 1. The summed E-state index contributed by atoms with van der Waals surface area (Å²) in [4.78, 5) is 21.8. The molecule has 1 N–H and O–H groups in total. The third kappa shape index (κ3) is 6.01. The molecule has 0 spiro atoms. The van der Waals surface area contributed by atoms with Crippen molar-refractivity contribution in [1.82, 2.24) is 20.1 Å². The third-order valence-electron chi connectivity index (χ3n) is 5.58. The first kappa shape index (κ1) is 21.7. The molecule has 2 heterocycles. The first-order chi connectivity index (χ1) is 14.0. The number of hydrogen-bond acceptors (Lipinski definition) is 6. The summed E-state index contributed by atoms with van der Waals surface area (Å²) in [5.74, 6) is 1.10. The van der Waals surface area contributed by atoms with E-state index in [1.54, 1.807) is 18.4 Å². The molecule has 1 aliphatic rings. The molecule has 1 amide bonds. The molecule has 7 heteroatoms. The van der Waals surface area contributed by atoms with Crippen LogP contribution in [0.15, 0.2) is 29.6 Å². The van der Waals surface area contributed by atoms with Crippen molar-refractivity contribution in [3.05, 3.63) is 45.9 Å². The summed E-state index contributed by atoms with van der Waals surface area (Å²) in [6, 6.07) is 8.16. The van der Waals surface area contributed by atoms with Crippen LogP contribution in [0.3, 0.4) is 0 Å². The molecule has 1 fully saturated rings. The molecule has 0 radical (unpaired) electrons. The number of nitrogens with one attached hydrogen (secondary N) is 1. The summed E-state index contributed by atoms with van der Waals surface area (Å²) in [5.41, 5.74) is 2.28. The number of benzene rings is 1. The van der Waals surface area contributed by atoms with E-state index < -0.39 is 0 Å². The molecule has 0 saturated carbocycles. The van der Waals surface area contributed by atoms with Gasteiger partial charge in [0.25, 0.3) is 0 Å². The van der Waals surface area contributed by atoms with Crippen LogP contribution in [0.4, 0.5) is 0 Å². The van der Waals surface area contributed by atoms with Crippen LogP contribution >= 0.6 is 11.3 Å². The number of carbonyl (C=O) groups is 1. The minimum atomic E-state index is 0.0940. The van der Waals surface area contributed by atoms with Gasteiger partial charge in [-0.25, -0.2) is 4.98 Å². The number of aromatic nitrogens is 1. The van der Waals surface area contributed by atoms with Crippen LogP contribution in [0.25, 0.3) is 0 Å². The van der Waals surface area contributed by atoms with Gasteiger partial charge in [-0.1, -0.05) is 12.1 Å². The van der Waals surface area contributed by atoms with E-state index in [9.17, 15) is 4.79 Å². The van der Waals surface area contributed by atoms with Crippen molar-refractivity contribution in [2.75, 3.05) is 40.8 Å². The quantitative estimate of drug-likeness (QED) is 0.717. The predicted octanol–water partition coefficient (Wildman–Crippen LogP) is 3.09. The Morgan fingerprint density at radius 3 is 2.76 bits per heavy atom. The molecule has 1 saturated heterocycles. The van der Waals surface area contributed by atoms with Crippen LogP contribution in [0.1, 0.15) is 35.1 Å². The number of carbonyl (C=O) groups excluding carboxylic acids is 1.